The molecule has 0 spiro atoms. The van der Waals surface area contributed by atoms with Crippen LogP contribution in [-0.2, 0) is 12.8 Å². The second-order valence-corrected chi connectivity index (χ2v) is 5.08. The third-order valence-corrected chi connectivity index (χ3v) is 3.75. The van der Waals surface area contributed by atoms with Gasteiger partial charge in [-0.3, -0.25) is 0 Å². The lowest BCUT2D eigenvalue weighted by molar-refractivity contribution is 0.413. The molecule has 0 fully saturated rings. The van der Waals surface area contributed by atoms with Gasteiger partial charge in [0.2, 0.25) is 0 Å². The van der Waals surface area contributed by atoms with Crippen LogP contribution in [0.1, 0.15) is 35.8 Å². The van der Waals surface area contributed by atoms with E-state index in [9.17, 15) is 4.39 Å². The van der Waals surface area contributed by atoms with Crippen LogP contribution in [0.15, 0.2) is 41.0 Å². The average molecular weight is 259 g/mol. The molecule has 3 rings (SSSR count). The van der Waals surface area contributed by atoms with Crippen LogP contribution in [0.25, 0.3) is 0 Å². The highest BCUT2D eigenvalue weighted by Gasteiger charge is 2.21. The summed E-state index contributed by atoms with van der Waals surface area (Å²) in [6.07, 6.45) is 5.98. The van der Waals surface area contributed by atoms with E-state index >= 15 is 0 Å². The van der Waals surface area contributed by atoms with Crippen LogP contribution >= 0.6 is 0 Å². The highest BCUT2D eigenvalue weighted by molar-refractivity contribution is 5.24. The molecule has 0 saturated carbocycles. The molecule has 0 saturated heterocycles. The van der Waals surface area contributed by atoms with Crippen LogP contribution in [0.2, 0.25) is 0 Å². The van der Waals surface area contributed by atoms with Gasteiger partial charge in [-0.05, 0) is 49.6 Å². The molecule has 2 aromatic rings. The molecular formula is C16H18FNO. The highest BCUT2D eigenvalue weighted by Crippen LogP contribution is 2.30. The molecule has 1 aliphatic carbocycles. The van der Waals surface area contributed by atoms with Gasteiger partial charge in [0.05, 0.1) is 6.26 Å². The molecule has 1 heterocycles. The molecule has 0 bridgehead atoms. The van der Waals surface area contributed by atoms with E-state index in [2.05, 4.69) is 11.4 Å². The summed E-state index contributed by atoms with van der Waals surface area (Å²) in [5.41, 5.74) is 2.33. The number of rotatable bonds is 4. The van der Waals surface area contributed by atoms with Crippen LogP contribution in [0.5, 0.6) is 0 Å². The van der Waals surface area contributed by atoms with Crippen molar-refractivity contribution in [3.05, 3.63) is 59.3 Å². The summed E-state index contributed by atoms with van der Waals surface area (Å²) in [7, 11) is 0. The van der Waals surface area contributed by atoms with Crippen molar-refractivity contribution in [1.29, 1.82) is 0 Å². The standard InChI is InChI=1S/C16H18FNO/c17-13-4-1-3-12(11-13)7-9-18-15-5-2-6-16-14(15)8-10-19-16/h1,3-4,8,10-11,15,18H,2,5-7,9H2. The second-order valence-electron chi connectivity index (χ2n) is 5.08. The highest BCUT2D eigenvalue weighted by atomic mass is 19.1. The third kappa shape index (κ3) is 2.87. The van der Waals surface area contributed by atoms with Crippen molar-refractivity contribution < 1.29 is 8.81 Å². The molecule has 1 aromatic heterocycles. The first-order valence-electron chi connectivity index (χ1n) is 6.87. The quantitative estimate of drug-likeness (QED) is 0.907. The van der Waals surface area contributed by atoms with Crippen molar-refractivity contribution in [1.82, 2.24) is 5.32 Å². The van der Waals surface area contributed by atoms with Gasteiger partial charge in [-0.15, -0.1) is 0 Å². The van der Waals surface area contributed by atoms with E-state index < -0.39 is 0 Å². The van der Waals surface area contributed by atoms with E-state index in [-0.39, 0.29) is 5.82 Å². The summed E-state index contributed by atoms with van der Waals surface area (Å²) in [5.74, 6) is 0.960. The zero-order valence-corrected chi connectivity index (χ0v) is 10.9. The van der Waals surface area contributed by atoms with Crippen LogP contribution in [0.3, 0.4) is 0 Å². The number of benzene rings is 1. The molecule has 3 heteroatoms. The Labute approximate surface area is 112 Å². The van der Waals surface area contributed by atoms with E-state index in [1.165, 1.54) is 11.6 Å². The molecule has 1 aromatic carbocycles. The first kappa shape index (κ1) is 12.4. The summed E-state index contributed by atoms with van der Waals surface area (Å²) in [6.45, 7) is 0.860. The molecule has 100 valence electrons. The van der Waals surface area contributed by atoms with Crippen molar-refractivity contribution >= 4 is 0 Å². The van der Waals surface area contributed by atoms with Gasteiger partial charge in [0.25, 0.3) is 0 Å². The smallest absolute Gasteiger partial charge is 0.123 e. The van der Waals surface area contributed by atoms with Crippen molar-refractivity contribution in [2.45, 2.75) is 31.7 Å². The van der Waals surface area contributed by atoms with Gasteiger partial charge in [-0.2, -0.15) is 0 Å². The predicted molar refractivity (Wildman–Crippen MR) is 72.5 cm³/mol. The molecule has 2 nitrogen and oxygen atoms in total. The maximum absolute atomic E-state index is 13.1. The summed E-state index contributed by atoms with van der Waals surface area (Å²) in [4.78, 5) is 0. The average Bonchev–Trinajstić information content (AvgIpc) is 2.88. The normalized spacial score (nSPS) is 18.3. The molecule has 0 amide bonds. The minimum atomic E-state index is -0.160. The molecule has 1 aliphatic rings. The number of nitrogens with one attached hydrogen (secondary N) is 1. The molecule has 1 N–H and O–H groups in total. The molecular weight excluding hydrogens is 241 g/mol. The largest absolute Gasteiger partial charge is 0.469 e. The van der Waals surface area contributed by atoms with E-state index in [4.69, 9.17) is 4.42 Å². The van der Waals surface area contributed by atoms with E-state index in [1.807, 2.05) is 6.07 Å². The zero-order chi connectivity index (χ0) is 13.1. The van der Waals surface area contributed by atoms with Crippen LogP contribution in [0, 0.1) is 5.82 Å². The molecule has 1 unspecified atom stereocenters. The van der Waals surface area contributed by atoms with Gasteiger partial charge in [-0.25, -0.2) is 4.39 Å². The number of aryl methyl sites for hydroxylation is 1. The first-order chi connectivity index (χ1) is 9.33. The third-order valence-electron chi connectivity index (χ3n) is 3.75. The van der Waals surface area contributed by atoms with E-state index in [0.717, 1.165) is 43.6 Å². The van der Waals surface area contributed by atoms with E-state index in [1.54, 1.807) is 18.4 Å². The van der Waals surface area contributed by atoms with Gasteiger partial charge >= 0.3 is 0 Å². The lowest BCUT2D eigenvalue weighted by atomic mass is 9.93. The van der Waals surface area contributed by atoms with Gasteiger partial charge in [-0.1, -0.05) is 12.1 Å². The fourth-order valence-corrected chi connectivity index (χ4v) is 2.78. The lowest BCUT2D eigenvalue weighted by Crippen LogP contribution is -2.26. The lowest BCUT2D eigenvalue weighted by Gasteiger charge is -2.22. The van der Waals surface area contributed by atoms with Crippen molar-refractivity contribution in [3.63, 3.8) is 0 Å². The Morgan fingerprint density at radius 2 is 2.26 bits per heavy atom. The van der Waals surface area contributed by atoms with Gasteiger partial charge in [0.15, 0.2) is 0 Å². The Hall–Kier alpha value is -1.61. The summed E-state index contributed by atoms with van der Waals surface area (Å²) < 4.78 is 18.5. The number of hydrogen-bond donors (Lipinski definition) is 1. The number of furan rings is 1. The molecule has 0 aliphatic heterocycles. The fraction of sp³-hybridized carbons (Fsp3) is 0.375. The van der Waals surface area contributed by atoms with Crippen molar-refractivity contribution in [2.24, 2.45) is 0 Å². The number of fused-ring (bicyclic) bond motifs is 1. The van der Waals surface area contributed by atoms with Crippen molar-refractivity contribution in [2.75, 3.05) is 6.54 Å². The second kappa shape index (κ2) is 5.57. The Morgan fingerprint density at radius 1 is 1.32 bits per heavy atom. The minimum Gasteiger partial charge on any atom is -0.469 e. The van der Waals surface area contributed by atoms with E-state index in [0.29, 0.717) is 6.04 Å². The Morgan fingerprint density at radius 3 is 3.16 bits per heavy atom. The fourth-order valence-electron chi connectivity index (χ4n) is 2.78. The van der Waals surface area contributed by atoms with Crippen LogP contribution in [0.4, 0.5) is 4.39 Å². The summed E-state index contributed by atoms with van der Waals surface area (Å²) in [6, 6.07) is 9.26. The molecule has 1 atom stereocenters. The van der Waals surface area contributed by atoms with Crippen LogP contribution < -0.4 is 5.32 Å². The summed E-state index contributed by atoms with van der Waals surface area (Å²) >= 11 is 0. The van der Waals surface area contributed by atoms with Gasteiger partial charge in [0, 0.05) is 18.0 Å². The maximum atomic E-state index is 13.1. The minimum absolute atomic E-state index is 0.160. The van der Waals surface area contributed by atoms with Gasteiger partial charge in [0.1, 0.15) is 11.6 Å². The Bertz CT molecular complexity index is 549. The molecule has 0 radical (unpaired) electrons. The topological polar surface area (TPSA) is 25.2 Å². The Kier molecular flexibility index (Phi) is 3.65. The van der Waals surface area contributed by atoms with Crippen molar-refractivity contribution in [3.8, 4) is 0 Å². The first-order valence-corrected chi connectivity index (χ1v) is 6.87. The Balaban J connectivity index is 1.57. The SMILES string of the molecule is Fc1cccc(CCNC2CCCc3occc32)c1. The zero-order valence-electron chi connectivity index (χ0n) is 10.9. The summed E-state index contributed by atoms with van der Waals surface area (Å²) in [5, 5.41) is 3.55. The maximum Gasteiger partial charge on any atom is 0.123 e. The van der Waals surface area contributed by atoms with Gasteiger partial charge < -0.3 is 9.73 Å². The number of halogens is 1. The predicted octanol–water partition coefficient (Wildman–Crippen LogP) is 3.63. The number of hydrogen-bond acceptors (Lipinski definition) is 2. The van der Waals surface area contributed by atoms with Crippen LogP contribution in [-0.4, -0.2) is 6.54 Å². The monoisotopic (exact) mass is 259 g/mol. The molecule has 19 heavy (non-hydrogen) atoms.